The van der Waals surface area contributed by atoms with Gasteiger partial charge in [-0.2, -0.15) is 5.10 Å². The van der Waals surface area contributed by atoms with Crippen LogP contribution in [-0.4, -0.2) is 39.7 Å². The number of amides is 3. The number of nitrogens with one attached hydrogen (secondary N) is 2. The third-order valence-electron chi connectivity index (χ3n) is 6.20. The monoisotopic (exact) mass is 531 g/mol. The molecule has 0 fully saturated rings. The third-order valence-corrected chi connectivity index (χ3v) is 6.20. The molecule has 0 saturated carbocycles. The van der Waals surface area contributed by atoms with Crippen molar-refractivity contribution in [2.24, 2.45) is 0 Å². The molecule has 0 radical (unpaired) electrons. The van der Waals surface area contributed by atoms with Crippen molar-refractivity contribution >= 4 is 23.4 Å². The van der Waals surface area contributed by atoms with Crippen LogP contribution in [0.3, 0.4) is 0 Å². The van der Waals surface area contributed by atoms with E-state index in [1.165, 1.54) is 11.0 Å². The van der Waals surface area contributed by atoms with Crippen LogP contribution in [0, 0.1) is 25.5 Å². The predicted octanol–water partition coefficient (Wildman–Crippen LogP) is 6.71. The van der Waals surface area contributed by atoms with Crippen LogP contribution in [0.4, 0.5) is 25.1 Å². The molecule has 39 heavy (non-hydrogen) atoms. The highest BCUT2D eigenvalue weighted by atomic mass is 19.2. The van der Waals surface area contributed by atoms with Gasteiger partial charge in [-0.1, -0.05) is 61.4 Å². The number of nitrogens with zero attached hydrogens (tertiary/aromatic N) is 3. The first-order valence-corrected chi connectivity index (χ1v) is 12.8. The molecule has 0 spiro atoms. The van der Waals surface area contributed by atoms with Crippen molar-refractivity contribution in [3.05, 3.63) is 95.6 Å². The minimum absolute atomic E-state index is 0.0984. The summed E-state index contributed by atoms with van der Waals surface area (Å²) in [6.45, 7) is 6.03. The fourth-order valence-electron chi connectivity index (χ4n) is 4.18. The Morgan fingerprint density at radius 1 is 0.923 bits per heavy atom. The number of anilines is 2. The van der Waals surface area contributed by atoms with Gasteiger partial charge in [0.15, 0.2) is 11.6 Å². The quantitative estimate of drug-likeness (QED) is 0.252. The largest absolute Gasteiger partial charge is 0.322 e. The maximum absolute atomic E-state index is 13.6. The summed E-state index contributed by atoms with van der Waals surface area (Å²) in [7, 11) is 0. The highest BCUT2D eigenvalue weighted by Gasteiger charge is 2.20. The molecule has 0 saturated heterocycles. The Hall–Kier alpha value is -4.53. The van der Waals surface area contributed by atoms with Crippen LogP contribution < -0.4 is 10.6 Å². The molecule has 0 bridgehead atoms. The third kappa shape index (κ3) is 6.87. The van der Waals surface area contributed by atoms with Gasteiger partial charge >= 0.3 is 6.03 Å². The molecular formula is C30H31F2N5O2. The second-order valence-corrected chi connectivity index (χ2v) is 9.36. The zero-order chi connectivity index (χ0) is 27.9. The standard InChI is InChI=1S/C30H31F2N5O2/c1-4-5-15-36(30(39)33-23-12-13-24(31)25(32)17-23)19-29(38)34-28-18-26(22-9-7-6-8-10-22)35-37(28)27-14-11-20(2)16-21(27)3/h6-14,16-18H,4-5,15,19H2,1-3H3,(H,33,39)(H,34,38). The molecule has 0 aliphatic carbocycles. The highest BCUT2D eigenvalue weighted by Crippen LogP contribution is 2.26. The number of urea groups is 1. The Labute approximate surface area is 226 Å². The molecule has 4 rings (SSSR count). The topological polar surface area (TPSA) is 79.3 Å². The summed E-state index contributed by atoms with van der Waals surface area (Å²) in [5.41, 5.74) is 4.59. The molecule has 2 N–H and O–H groups in total. The lowest BCUT2D eigenvalue weighted by atomic mass is 10.1. The summed E-state index contributed by atoms with van der Waals surface area (Å²) in [5, 5.41) is 10.2. The number of halogens is 2. The Balaban J connectivity index is 1.58. The number of carbonyl (C=O) groups is 2. The van der Waals surface area contributed by atoms with Crippen LogP contribution in [0.1, 0.15) is 30.9 Å². The number of hydrogen-bond acceptors (Lipinski definition) is 3. The smallest absolute Gasteiger partial charge is 0.315 e. The number of unbranched alkanes of at least 4 members (excludes halogenated alkanes) is 1. The average molecular weight is 532 g/mol. The SMILES string of the molecule is CCCCN(CC(=O)Nc1cc(-c2ccccc2)nn1-c1ccc(C)cc1C)C(=O)Nc1ccc(F)c(F)c1. The average Bonchev–Trinajstić information content (AvgIpc) is 3.32. The minimum atomic E-state index is -1.07. The molecule has 1 aromatic heterocycles. The normalized spacial score (nSPS) is 10.8. The molecule has 3 amide bonds. The summed E-state index contributed by atoms with van der Waals surface area (Å²) in [6.07, 6.45) is 1.47. The highest BCUT2D eigenvalue weighted by molar-refractivity contribution is 5.97. The van der Waals surface area contributed by atoms with Gasteiger partial charge in [-0.25, -0.2) is 18.3 Å². The van der Waals surface area contributed by atoms with E-state index in [2.05, 4.69) is 10.6 Å². The van der Waals surface area contributed by atoms with Crippen LogP contribution in [-0.2, 0) is 4.79 Å². The van der Waals surface area contributed by atoms with Gasteiger partial charge in [0.05, 0.1) is 11.4 Å². The van der Waals surface area contributed by atoms with Crippen molar-refractivity contribution in [1.29, 1.82) is 0 Å². The van der Waals surface area contributed by atoms with Crippen LogP contribution in [0.25, 0.3) is 16.9 Å². The Bertz CT molecular complexity index is 1470. The van der Waals surface area contributed by atoms with E-state index in [1.807, 2.05) is 69.3 Å². The lowest BCUT2D eigenvalue weighted by Crippen LogP contribution is -2.41. The number of carbonyl (C=O) groups excluding carboxylic acids is 2. The summed E-state index contributed by atoms with van der Waals surface area (Å²) < 4.78 is 28.6. The summed E-state index contributed by atoms with van der Waals surface area (Å²) >= 11 is 0. The van der Waals surface area contributed by atoms with Gasteiger partial charge in [0, 0.05) is 29.9 Å². The van der Waals surface area contributed by atoms with Crippen molar-refractivity contribution < 1.29 is 18.4 Å². The number of aromatic nitrogens is 2. The Morgan fingerprint density at radius 3 is 2.38 bits per heavy atom. The zero-order valence-electron chi connectivity index (χ0n) is 22.2. The van der Waals surface area contributed by atoms with Crippen LogP contribution >= 0.6 is 0 Å². The van der Waals surface area contributed by atoms with E-state index in [0.29, 0.717) is 24.5 Å². The fourth-order valence-corrected chi connectivity index (χ4v) is 4.18. The van der Waals surface area contributed by atoms with E-state index in [-0.39, 0.29) is 12.2 Å². The van der Waals surface area contributed by atoms with Crippen LogP contribution in [0.2, 0.25) is 0 Å². The number of benzene rings is 3. The number of aryl methyl sites for hydroxylation is 2. The second-order valence-electron chi connectivity index (χ2n) is 9.36. The van der Waals surface area contributed by atoms with Gasteiger partial charge < -0.3 is 15.5 Å². The molecule has 0 aliphatic rings. The van der Waals surface area contributed by atoms with Gasteiger partial charge in [0.1, 0.15) is 12.4 Å². The molecule has 202 valence electrons. The molecule has 9 heteroatoms. The van der Waals surface area contributed by atoms with Crippen molar-refractivity contribution in [2.75, 3.05) is 23.7 Å². The summed E-state index contributed by atoms with van der Waals surface area (Å²) in [4.78, 5) is 27.5. The van der Waals surface area contributed by atoms with Gasteiger partial charge in [0.2, 0.25) is 5.91 Å². The lowest BCUT2D eigenvalue weighted by molar-refractivity contribution is -0.116. The minimum Gasteiger partial charge on any atom is -0.315 e. The van der Waals surface area contributed by atoms with Crippen molar-refractivity contribution in [1.82, 2.24) is 14.7 Å². The summed E-state index contributed by atoms with van der Waals surface area (Å²) in [6, 6.07) is 19.9. The molecule has 4 aromatic rings. The number of hydrogen-bond donors (Lipinski definition) is 2. The maximum atomic E-state index is 13.6. The van der Waals surface area contributed by atoms with Crippen LogP contribution in [0.15, 0.2) is 72.8 Å². The van der Waals surface area contributed by atoms with Gasteiger partial charge in [-0.05, 0) is 44.0 Å². The zero-order valence-corrected chi connectivity index (χ0v) is 22.2. The van der Waals surface area contributed by atoms with E-state index in [0.717, 1.165) is 40.9 Å². The van der Waals surface area contributed by atoms with Gasteiger partial charge in [-0.15, -0.1) is 0 Å². The van der Waals surface area contributed by atoms with Gasteiger partial charge in [-0.3, -0.25) is 4.79 Å². The van der Waals surface area contributed by atoms with E-state index in [1.54, 1.807) is 10.7 Å². The second kappa shape index (κ2) is 12.3. The molecule has 0 unspecified atom stereocenters. The van der Waals surface area contributed by atoms with Crippen LogP contribution in [0.5, 0.6) is 0 Å². The number of rotatable bonds is 9. The predicted molar refractivity (Wildman–Crippen MR) is 149 cm³/mol. The lowest BCUT2D eigenvalue weighted by Gasteiger charge is -2.22. The first-order chi connectivity index (χ1) is 18.7. The van der Waals surface area contributed by atoms with E-state index in [4.69, 9.17) is 5.10 Å². The summed E-state index contributed by atoms with van der Waals surface area (Å²) in [5.74, 6) is -2.04. The molecular weight excluding hydrogens is 500 g/mol. The van der Waals surface area contributed by atoms with Crippen molar-refractivity contribution in [2.45, 2.75) is 33.6 Å². The van der Waals surface area contributed by atoms with E-state index in [9.17, 15) is 18.4 Å². The Kier molecular flexibility index (Phi) is 8.70. The molecule has 0 atom stereocenters. The Morgan fingerprint density at radius 2 is 1.69 bits per heavy atom. The van der Waals surface area contributed by atoms with Crippen molar-refractivity contribution in [3.63, 3.8) is 0 Å². The van der Waals surface area contributed by atoms with E-state index < -0.39 is 23.6 Å². The fraction of sp³-hybridized carbons (Fsp3) is 0.233. The first-order valence-electron chi connectivity index (χ1n) is 12.8. The van der Waals surface area contributed by atoms with Crippen molar-refractivity contribution in [3.8, 4) is 16.9 Å². The molecule has 1 heterocycles. The van der Waals surface area contributed by atoms with E-state index >= 15 is 0 Å². The first kappa shape index (κ1) is 27.5. The molecule has 7 nitrogen and oxygen atoms in total. The molecule has 0 aliphatic heterocycles. The van der Waals surface area contributed by atoms with Gasteiger partial charge in [0.25, 0.3) is 0 Å². The maximum Gasteiger partial charge on any atom is 0.322 e. The molecule has 3 aromatic carbocycles.